The number of amides is 1. The highest BCUT2D eigenvalue weighted by Crippen LogP contribution is 2.17. The van der Waals surface area contributed by atoms with Crippen LogP contribution in [0.5, 0.6) is 5.75 Å². The van der Waals surface area contributed by atoms with Gasteiger partial charge in [-0.1, -0.05) is 32.9 Å². The number of carbonyl (C=O) groups excluding carboxylic acids is 1. The average Bonchev–Trinajstić information content (AvgIpc) is 2.27. The van der Waals surface area contributed by atoms with Crippen LogP contribution in [0.2, 0.25) is 0 Å². The van der Waals surface area contributed by atoms with Crippen LogP contribution in [0.1, 0.15) is 32.8 Å². The highest BCUT2D eigenvalue weighted by atomic mass is 16.3. The quantitative estimate of drug-likeness (QED) is 0.823. The largest absolute Gasteiger partial charge is 0.508 e. The molecule has 0 spiro atoms. The highest BCUT2D eigenvalue weighted by Gasteiger charge is 2.16. The number of aromatic hydroxyl groups is 1. The zero-order chi connectivity index (χ0) is 12.9. The Morgan fingerprint density at radius 2 is 2.12 bits per heavy atom. The second kappa shape index (κ2) is 5.71. The molecule has 0 heterocycles. The first kappa shape index (κ1) is 13.6. The Kier molecular flexibility index (Phi) is 4.55. The smallest absolute Gasteiger partial charge is 0.224 e. The van der Waals surface area contributed by atoms with Crippen LogP contribution < -0.4 is 5.32 Å². The molecule has 17 heavy (non-hydrogen) atoms. The number of hydrogen-bond acceptors (Lipinski definition) is 2. The van der Waals surface area contributed by atoms with Gasteiger partial charge in [-0.25, -0.2) is 0 Å². The van der Waals surface area contributed by atoms with Crippen molar-refractivity contribution in [2.45, 2.75) is 33.6 Å². The van der Waals surface area contributed by atoms with Crippen molar-refractivity contribution in [3.8, 4) is 5.75 Å². The number of phenols is 1. The fourth-order valence-electron chi connectivity index (χ4n) is 1.38. The van der Waals surface area contributed by atoms with Crippen LogP contribution >= 0.6 is 0 Å². The monoisotopic (exact) mass is 235 g/mol. The molecule has 0 saturated carbocycles. The Balaban J connectivity index is 2.45. The summed E-state index contributed by atoms with van der Waals surface area (Å²) in [4.78, 5) is 11.7. The summed E-state index contributed by atoms with van der Waals surface area (Å²) in [5.41, 5.74) is 0.964. The SMILES string of the molecule is CCC(C)(C)CNC(=O)Cc1cccc(O)c1. The maximum atomic E-state index is 11.7. The van der Waals surface area contributed by atoms with Crippen LogP contribution in [0.3, 0.4) is 0 Å². The molecule has 0 aromatic heterocycles. The van der Waals surface area contributed by atoms with Gasteiger partial charge in [0.2, 0.25) is 5.91 Å². The van der Waals surface area contributed by atoms with Crippen molar-refractivity contribution < 1.29 is 9.90 Å². The Morgan fingerprint density at radius 3 is 2.71 bits per heavy atom. The van der Waals surface area contributed by atoms with Gasteiger partial charge in [0.05, 0.1) is 6.42 Å². The van der Waals surface area contributed by atoms with Crippen LogP contribution in [0, 0.1) is 5.41 Å². The van der Waals surface area contributed by atoms with Crippen molar-refractivity contribution in [3.63, 3.8) is 0 Å². The zero-order valence-corrected chi connectivity index (χ0v) is 10.8. The van der Waals surface area contributed by atoms with E-state index in [1.807, 2.05) is 6.07 Å². The standard InChI is InChI=1S/C14H21NO2/c1-4-14(2,3)10-15-13(17)9-11-6-5-7-12(16)8-11/h5-8,16H,4,9-10H2,1-3H3,(H,15,17). The molecule has 1 aromatic carbocycles. The van der Waals surface area contributed by atoms with Crippen LogP contribution in [0.15, 0.2) is 24.3 Å². The van der Waals surface area contributed by atoms with Crippen molar-refractivity contribution in [2.24, 2.45) is 5.41 Å². The van der Waals surface area contributed by atoms with E-state index in [1.165, 1.54) is 0 Å². The van der Waals surface area contributed by atoms with E-state index in [0.29, 0.717) is 13.0 Å². The predicted molar refractivity (Wildman–Crippen MR) is 68.9 cm³/mol. The van der Waals surface area contributed by atoms with E-state index in [1.54, 1.807) is 18.2 Å². The van der Waals surface area contributed by atoms with Crippen LogP contribution in [0.25, 0.3) is 0 Å². The van der Waals surface area contributed by atoms with E-state index in [-0.39, 0.29) is 17.1 Å². The molecule has 3 nitrogen and oxygen atoms in total. The molecule has 1 rings (SSSR count). The molecule has 0 fully saturated rings. The third-order valence-electron chi connectivity index (χ3n) is 3.00. The maximum Gasteiger partial charge on any atom is 0.224 e. The molecule has 1 amide bonds. The number of phenolic OH excluding ortho intramolecular Hbond substituents is 1. The summed E-state index contributed by atoms with van der Waals surface area (Å²) in [7, 11) is 0. The van der Waals surface area contributed by atoms with Crippen molar-refractivity contribution in [1.82, 2.24) is 5.32 Å². The second-order valence-corrected chi connectivity index (χ2v) is 5.14. The molecular weight excluding hydrogens is 214 g/mol. The summed E-state index contributed by atoms with van der Waals surface area (Å²) < 4.78 is 0. The summed E-state index contributed by atoms with van der Waals surface area (Å²) in [6, 6.07) is 6.80. The fourth-order valence-corrected chi connectivity index (χ4v) is 1.38. The van der Waals surface area contributed by atoms with Crippen LogP contribution in [0.4, 0.5) is 0 Å². The molecule has 0 aliphatic carbocycles. The van der Waals surface area contributed by atoms with Gasteiger partial charge in [-0.2, -0.15) is 0 Å². The molecule has 1 aromatic rings. The minimum Gasteiger partial charge on any atom is -0.508 e. The predicted octanol–water partition coefficient (Wildman–Crippen LogP) is 2.49. The van der Waals surface area contributed by atoms with Gasteiger partial charge < -0.3 is 10.4 Å². The van der Waals surface area contributed by atoms with E-state index in [2.05, 4.69) is 26.1 Å². The van der Waals surface area contributed by atoms with Gasteiger partial charge in [-0.15, -0.1) is 0 Å². The van der Waals surface area contributed by atoms with Gasteiger partial charge in [-0.05, 0) is 29.5 Å². The average molecular weight is 235 g/mol. The number of rotatable bonds is 5. The topological polar surface area (TPSA) is 49.3 Å². The fraction of sp³-hybridized carbons (Fsp3) is 0.500. The van der Waals surface area contributed by atoms with Gasteiger partial charge >= 0.3 is 0 Å². The maximum absolute atomic E-state index is 11.7. The molecule has 0 unspecified atom stereocenters. The van der Waals surface area contributed by atoms with Crippen LogP contribution in [-0.2, 0) is 11.2 Å². The normalized spacial score (nSPS) is 11.2. The number of hydrogen-bond donors (Lipinski definition) is 2. The summed E-state index contributed by atoms with van der Waals surface area (Å²) in [5.74, 6) is 0.196. The Hall–Kier alpha value is -1.51. The summed E-state index contributed by atoms with van der Waals surface area (Å²) in [6.07, 6.45) is 1.34. The first-order valence-electron chi connectivity index (χ1n) is 5.97. The number of carbonyl (C=O) groups is 1. The summed E-state index contributed by atoms with van der Waals surface area (Å²) >= 11 is 0. The highest BCUT2D eigenvalue weighted by molar-refractivity contribution is 5.78. The lowest BCUT2D eigenvalue weighted by Gasteiger charge is -2.22. The van der Waals surface area contributed by atoms with Gasteiger partial charge in [0.15, 0.2) is 0 Å². The Morgan fingerprint density at radius 1 is 1.41 bits per heavy atom. The lowest BCUT2D eigenvalue weighted by molar-refractivity contribution is -0.120. The van der Waals surface area contributed by atoms with Crippen molar-refractivity contribution in [3.05, 3.63) is 29.8 Å². The molecular formula is C14H21NO2. The molecule has 0 radical (unpaired) electrons. The first-order valence-corrected chi connectivity index (χ1v) is 5.97. The third-order valence-corrected chi connectivity index (χ3v) is 3.00. The lowest BCUT2D eigenvalue weighted by atomic mass is 9.90. The summed E-state index contributed by atoms with van der Waals surface area (Å²) in [6.45, 7) is 7.05. The molecule has 3 heteroatoms. The second-order valence-electron chi connectivity index (χ2n) is 5.14. The van der Waals surface area contributed by atoms with Crippen LogP contribution in [-0.4, -0.2) is 17.6 Å². The number of nitrogens with one attached hydrogen (secondary N) is 1. The number of benzene rings is 1. The van der Waals surface area contributed by atoms with E-state index < -0.39 is 0 Å². The zero-order valence-electron chi connectivity index (χ0n) is 10.8. The van der Waals surface area contributed by atoms with Gasteiger partial charge in [0.25, 0.3) is 0 Å². The molecule has 0 aliphatic heterocycles. The van der Waals surface area contributed by atoms with E-state index in [4.69, 9.17) is 0 Å². The van der Waals surface area contributed by atoms with Crippen molar-refractivity contribution >= 4 is 5.91 Å². The van der Waals surface area contributed by atoms with E-state index in [9.17, 15) is 9.90 Å². The minimum atomic E-state index is -0.00266. The minimum absolute atomic E-state index is 0.00266. The molecule has 0 bridgehead atoms. The molecule has 0 atom stereocenters. The Labute approximate surface area is 103 Å². The lowest BCUT2D eigenvalue weighted by Crippen LogP contribution is -2.34. The van der Waals surface area contributed by atoms with Crippen molar-refractivity contribution in [2.75, 3.05) is 6.54 Å². The molecule has 94 valence electrons. The van der Waals surface area contributed by atoms with E-state index in [0.717, 1.165) is 12.0 Å². The van der Waals surface area contributed by atoms with Gasteiger partial charge in [0, 0.05) is 6.54 Å². The van der Waals surface area contributed by atoms with E-state index >= 15 is 0 Å². The summed E-state index contributed by atoms with van der Waals surface area (Å²) in [5, 5.41) is 12.2. The van der Waals surface area contributed by atoms with Gasteiger partial charge in [0.1, 0.15) is 5.75 Å². The van der Waals surface area contributed by atoms with Gasteiger partial charge in [-0.3, -0.25) is 4.79 Å². The molecule has 0 aliphatic rings. The first-order chi connectivity index (χ1) is 7.93. The molecule has 2 N–H and O–H groups in total. The van der Waals surface area contributed by atoms with Crippen molar-refractivity contribution in [1.29, 1.82) is 0 Å². The third kappa shape index (κ3) is 4.89. The molecule has 0 saturated heterocycles. The Bertz CT molecular complexity index is 386.